The van der Waals surface area contributed by atoms with E-state index in [9.17, 15) is 0 Å². The first kappa shape index (κ1) is 26.0. The molecule has 0 unspecified atom stereocenters. The third-order valence-corrected chi connectivity index (χ3v) is 2.17. The van der Waals surface area contributed by atoms with Crippen LogP contribution in [0.3, 0.4) is 0 Å². The van der Waals surface area contributed by atoms with E-state index in [1.54, 1.807) is 0 Å². The molecular formula is C19H38O3. The van der Waals surface area contributed by atoms with Gasteiger partial charge < -0.3 is 14.2 Å². The smallest absolute Gasteiger partial charge is 0.0437 e. The van der Waals surface area contributed by atoms with Crippen molar-refractivity contribution in [3.05, 3.63) is 35.9 Å². The molecule has 0 spiro atoms. The summed E-state index contributed by atoms with van der Waals surface area (Å²) in [5.41, 5.74) is 1.32. The molecule has 0 aromatic heterocycles. The predicted octanol–water partition coefficient (Wildman–Crippen LogP) is 5.12. The normalized spacial score (nSPS) is 8.50. The monoisotopic (exact) mass is 314 g/mol. The van der Waals surface area contributed by atoms with E-state index in [0.29, 0.717) is 0 Å². The number of benzene rings is 1. The number of ether oxygens (including phenoxy) is 3. The first-order valence-corrected chi connectivity index (χ1v) is 8.39. The Balaban J connectivity index is -0.000000223. The van der Waals surface area contributed by atoms with Crippen LogP contribution in [0.1, 0.15) is 47.1 Å². The molecule has 0 bridgehead atoms. The minimum atomic E-state index is 0.844. The molecule has 0 amide bonds. The highest BCUT2D eigenvalue weighted by molar-refractivity contribution is 5.11. The van der Waals surface area contributed by atoms with Crippen molar-refractivity contribution < 1.29 is 14.2 Å². The highest BCUT2D eigenvalue weighted by Crippen LogP contribution is 1.92. The van der Waals surface area contributed by atoms with Crippen molar-refractivity contribution in [2.45, 2.75) is 48.5 Å². The van der Waals surface area contributed by atoms with Crippen LogP contribution in [0, 0.1) is 6.92 Å². The maximum absolute atomic E-state index is 4.83. The van der Waals surface area contributed by atoms with Gasteiger partial charge in [0.1, 0.15) is 0 Å². The molecule has 0 aliphatic rings. The second-order valence-corrected chi connectivity index (χ2v) is 4.00. The van der Waals surface area contributed by atoms with Gasteiger partial charge in [-0.15, -0.1) is 0 Å². The Hall–Kier alpha value is -0.900. The zero-order valence-corrected chi connectivity index (χ0v) is 15.9. The number of aryl methyl sites for hydroxylation is 1. The number of hydrogen-bond acceptors (Lipinski definition) is 3. The molecule has 0 radical (unpaired) electrons. The van der Waals surface area contributed by atoms with E-state index in [2.05, 4.69) is 19.1 Å². The van der Waals surface area contributed by atoms with Crippen molar-refractivity contribution in [1.29, 1.82) is 0 Å². The van der Waals surface area contributed by atoms with Gasteiger partial charge >= 0.3 is 0 Å². The van der Waals surface area contributed by atoms with Crippen LogP contribution >= 0.6 is 0 Å². The molecule has 1 rings (SSSR count). The van der Waals surface area contributed by atoms with Crippen molar-refractivity contribution in [3.8, 4) is 0 Å². The van der Waals surface area contributed by atoms with Crippen LogP contribution in [0.2, 0.25) is 0 Å². The maximum Gasteiger partial charge on any atom is 0.0437 e. The van der Waals surface area contributed by atoms with Crippen LogP contribution in [0.4, 0.5) is 0 Å². The predicted molar refractivity (Wildman–Crippen MR) is 97.7 cm³/mol. The fourth-order valence-corrected chi connectivity index (χ4v) is 1.15. The molecule has 0 aliphatic heterocycles. The summed E-state index contributed by atoms with van der Waals surface area (Å²) in [5, 5.41) is 0. The highest BCUT2D eigenvalue weighted by Gasteiger charge is 1.72. The molecule has 0 saturated carbocycles. The Kier molecular flexibility index (Phi) is 33.5. The largest absolute Gasteiger partial charge is 0.382 e. The van der Waals surface area contributed by atoms with Gasteiger partial charge in [0.15, 0.2) is 0 Å². The Morgan fingerprint density at radius 3 is 0.909 bits per heavy atom. The summed E-state index contributed by atoms with van der Waals surface area (Å²) >= 11 is 0. The third kappa shape index (κ3) is 36.5. The Labute approximate surface area is 139 Å². The zero-order valence-electron chi connectivity index (χ0n) is 15.9. The minimum absolute atomic E-state index is 0.844. The maximum atomic E-state index is 4.83. The van der Waals surface area contributed by atoms with E-state index in [-0.39, 0.29) is 0 Å². The molecule has 3 heteroatoms. The van der Waals surface area contributed by atoms with E-state index >= 15 is 0 Å². The molecule has 0 aliphatic carbocycles. The number of hydrogen-bond donors (Lipinski definition) is 0. The van der Waals surface area contributed by atoms with Crippen LogP contribution in [-0.4, -0.2) is 39.6 Å². The molecule has 1 aromatic rings. The first-order chi connectivity index (χ1) is 10.6. The zero-order chi connectivity index (χ0) is 17.5. The quantitative estimate of drug-likeness (QED) is 0.729. The lowest BCUT2D eigenvalue weighted by atomic mass is 10.2. The summed E-state index contributed by atoms with van der Waals surface area (Å²) in [6.07, 6.45) is 0. The van der Waals surface area contributed by atoms with E-state index in [1.165, 1.54) is 5.56 Å². The van der Waals surface area contributed by atoms with Crippen LogP contribution < -0.4 is 0 Å². The molecule has 0 atom stereocenters. The molecule has 132 valence electrons. The molecule has 1 aromatic carbocycles. The van der Waals surface area contributed by atoms with Crippen molar-refractivity contribution >= 4 is 0 Å². The SMILES string of the molecule is CCOCC.CCOCC.CCOCC.Cc1ccccc1. The van der Waals surface area contributed by atoms with Crippen LogP contribution in [-0.2, 0) is 14.2 Å². The lowest BCUT2D eigenvalue weighted by Crippen LogP contribution is -1.84. The number of rotatable bonds is 6. The van der Waals surface area contributed by atoms with Crippen molar-refractivity contribution in [2.75, 3.05) is 39.6 Å². The van der Waals surface area contributed by atoms with Gasteiger partial charge in [-0.25, -0.2) is 0 Å². The molecule has 0 N–H and O–H groups in total. The second kappa shape index (κ2) is 28.3. The van der Waals surface area contributed by atoms with E-state index in [4.69, 9.17) is 14.2 Å². The van der Waals surface area contributed by atoms with Gasteiger partial charge in [-0.05, 0) is 48.5 Å². The van der Waals surface area contributed by atoms with Gasteiger partial charge in [-0.1, -0.05) is 35.9 Å². The minimum Gasteiger partial charge on any atom is -0.382 e. The topological polar surface area (TPSA) is 27.7 Å². The van der Waals surface area contributed by atoms with Gasteiger partial charge in [0.25, 0.3) is 0 Å². The lowest BCUT2D eigenvalue weighted by molar-refractivity contribution is 0.162. The lowest BCUT2D eigenvalue weighted by Gasteiger charge is -1.86. The summed E-state index contributed by atoms with van der Waals surface area (Å²) in [6.45, 7) is 19.1. The summed E-state index contributed by atoms with van der Waals surface area (Å²) in [5.74, 6) is 0. The average Bonchev–Trinajstić information content (AvgIpc) is 2.52. The van der Waals surface area contributed by atoms with E-state index in [1.807, 2.05) is 59.7 Å². The summed E-state index contributed by atoms with van der Waals surface area (Å²) in [7, 11) is 0. The van der Waals surface area contributed by atoms with Crippen molar-refractivity contribution in [3.63, 3.8) is 0 Å². The summed E-state index contributed by atoms with van der Waals surface area (Å²) < 4.78 is 14.5. The van der Waals surface area contributed by atoms with Crippen LogP contribution in [0.5, 0.6) is 0 Å². The van der Waals surface area contributed by atoms with Gasteiger partial charge in [-0.3, -0.25) is 0 Å². The van der Waals surface area contributed by atoms with Crippen LogP contribution in [0.15, 0.2) is 30.3 Å². The average molecular weight is 315 g/mol. The Morgan fingerprint density at radius 1 is 0.545 bits per heavy atom. The second-order valence-electron chi connectivity index (χ2n) is 4.00. The van der Waals surface area contributed by atoms with Crippen molar-refractivity contribution in [2.24, 2.45) is 0 Å². The Morgan fingerprint density at radius 2 is 0.818 bits per heavy atom. The van der Waals surface area contributed by atoms with Gasteiger partial charge in [0, 0.05) is 39.6 Å². The first-order valence-electron chi connectivity index (χ1n) is 8.39. The third-order valence-electron chi connectivity index (χ3n) is 2.17. The Bertz CT molecular complexity index is 230. The highest BCUT2D eigenvalue weighted by atomic mass is 16.5. The molecule has 0 fully saturated rings. The van der Waals surface area contributed by atoms with E-state index < -0.39 is 0 Å². The fourth-order valence-electron chi connectivity index (χ4n) is 1.15. The standard InChI is InChI=1S/C7H8.3C4H10O/c1-7-5-3-2-4-6-7;3*1-3-5-4-2/h2-6H,1H3;3*3-4H2,1-2H3. The van der Waals surface area contributed by atoms with Crippen molar-refractivity contribution in [1.82, 2.24) is 0 Å². The van der Waals surface area contributed by atoms with Crippen LogP contribution in [0.25, 0.3) is 0 Å². The fraction of sp³-hybridized carbons (Fsp3) is 0.684. The van der Waals surface area contributed by atoms with Gasteiger partial charge in [0.2, 0.25) is 0 Å². The van der Waals surface area contributed by atoms with Gasteiger partial charge in [-0.2, -0.15) is 0 Å². The molecule has 0 saturated heterocycles. The molecule has 0 heterocycles. The van der Waals surface area contributed by atoms with Gasteiger partial charge in [0.05, 0.1) is 0 Å². The molecular weight excluding hydrogens is 276 g/mol. The molecule has 3 nitrogen and oxygen atoms in total. The molecule has 22 heavy (non-hydrogen) atoms. The summed E-state index contributed by atoms with van der Waals surface area (Å²) in [4.78, 5) is 0. The summed E-state index contributed by atoms with van der Waals surface area (Å²) in [6, 6.07) is 10.3. The van der Waals surface area contributed by atoms with E-state index in [0.717, 1.165) is 39.6 Å².